The van der Waals surface area contributed by atoms with Gasteiger partial charge in [0, 0.05) is 10.3 Å². The molecule has 7 nitrogen and oxygen atoms in total. The number of benzene rings is 2. The molecule has 1 aromatic heterocycles. The van der Waals surface area contributed by atoms with Crippen LogP contribution >= 0.6 is 11.3 Å². The highest BCUT2D eigenvalue weighted by molar-refractivity contribution is 7.20. The summed E-state index contributed by atoms with van der Waals surface area (Å²) in [5.74, 6) is -1.41. The molecule has 0 saturated heterocycles. The molecule has 0 bridgehead atoms. The number of nitrogen functional groups attached to an aromatic ring is 1. The van der Waals surface area contributed by atoms with E-state index in [1.807, 2.05) is 0 Å². The summed E-state index contributed by atoms with van der Waals surface area (Å²) in [6.07, 6.45) is -1.29. The number of carboxylic acid groups (broad SMARTS) is 1. The molecule has 0 spiro atoms. The molecule has 0 aliphatic carbocycles. The molecule has 138 valence electrons. The second kappa shape index (κ2) is 7.46. The number of thiophene rings is 1. The maximum Gasteiger partial charge on any atom is 0.349 e. The minimum atomic E-state index is -1.29. The molecule has 1 unspecified atom stereocenters. The third-order valence-electron chi connectivity index (χ3n) is 3.85. The van der Waals surface area contributed by atoms with Crippen molar-refractivity contribution < 1.29 is 24.2 Å². The fourth-order valence-corrected chi connectivity index (χ4v) is 3.51. The standard InChI is InChI=1S/C19H16N2O5S/c1-25-19(24)12-4-2-3-11(7-12)16(18(22)23)26-13-6-5-10-8-15(17(20)21)27-14(10)9-13/h2-9,16H,1H3,(H3,20,21)(H,22,23). The molecule has 3 aromatic rings. The molecule has 0 fully saturated rings. The van der Waals surface area contributed by atoms with Gasteiger partial charge in [-0.25, -0.2) is 9.59 Å². The predicted molar refractivity (Wildman–Crippen MR) is 102 cm³/mol. The van der Waals surface area contributed by atoms with Gasteiger partial charge in [-0.15, -0.1) is 11.3 Å². The molecule has 4 N–H and O–H groups in total. The van der Waals surface area contributed by atoms with Gasteiger partial charge in [-0.3, -0.25) is 5.41 Å². The zero-order chi connectivity index (χ0) is 19.6. The molecule has 1 atom stereocenters. The van der Waals surface area contributed by atoms with Gasteiger partial charge in [0.2, 0.25) is 6.10 Å². The Morgan fingerprint density at radius 3 is 2.63 bits per heavy atom. The molecular weight excluding hydrogens is 368 g/mol. The predicted octanol–water partition coefficient (Wildman–Crippen LogP) is 3.18. The molecule has 1 heterocycles. The van der Waals surface area contributed by atoms with E-state index in [0.717, 1.165) is 10.1 Å². The van der Waals surface area contributed by atoms with E-state index in [1.165, 1.54) is 30.6 Å². The van der Waals surface area contributed by atoms with Crippen LogP contribution in [0.5, 0.6) is 5.75 Å². The maximum atomic E-state index is 11.7. The van der Waals surface area contributed by atoms with Crippen molar-refractivity contribution in [3.05, 3.63) is 64.5 Å². The number of fused-ring (bicyclic) bond motifs is 1. The lowest BCUT2D eigenvalue weighted by molar-refractivity contribution is -0.145. The minimum Gasteiger partial charge on any atom is -0.478 e. The Morgan fingerprint density at radius 1 is 1.19 bits per heavy atom. The number of hydrogen-bond donors (Lipinski definition) is 3. The largest absolute Gasteiger partial charge is 0.478 e. The molecular formula is C19H16N2O5S. The fraction of sp³-hybridized carbons (Fsp3) is 0.105. The Balaban J connectivity index is 1.93. The van der Waals surface area contributed by atoms with Crippen molar-refractivity contribution in [3.63, 3.8) is 0 Å². The normalized spacial score (nSPS) is 11.7. The molecule has 0 amide bonds. The number of hydrogen-bond acceptors (Lipinski definition) is 6. The summed E-state index contributed by atoms with van der Waals surface area (Å²) >= 11 is 1.32. The number of carbonyl (C=O) groups excluding carboxylic acids is 1. The van der Waals surface area contributed by atoms with E-state index < -0.39 is 18.0 Å². The Bertz CT molecular complexity index is 1040. The van der Waals surface area contributed by atoms with Crippen LogP contribution in [-0.4, -0.2) is 30.0 Å². The van der Waals surface area contributed by atoms with Crippen molar-refractivity contribution >= 4 is 39.2 Å². The van der Waals surface area contributed by atoms with E-state index in [9.17, 15) is 14.7 Å². The van der Waals surface area contributed by atoms with Crippen LogP contribution in [0.4, 0.5) is 0 Å². The van der Waals surface area contributed by atoms with Crippen LogP contribution < -0.4 is 10.5 Å². The van der Waals surface area contributed by atoms with Crippen LogP contribution in [0.3, 0.4) is 0 Å². The van der Waals surface area contributed by atoms with Crippen molar-refractivity contribution in [2.24, 2.45) is 5.73 Å². The highest BCUT2D eigenvalue weighted by Crippen LogP contribution is 2.31. The number of amidine groups is 1. The van der Waals surface area contributed by atoms with Crippen molar-refractivity contribution in [1.29, 1.82) is 5.41 Å². The summed E-state index contributed by atoms with van der Waals surface area (Å²) in [5.41, 5.74) is 6.07. The van der Waals surface area contributed by atoms with Crippen LogP contribution in [0.1, 0.15) is 26.9 Å². The van der Waals surface area contributed by atoms with E-state index in [4.69, 9.17) is 15.9 Å². The molecule has 8 heteroatoms. The lowest BCUT2D eigenvalue weighted by Crippen LogP contribution is -2.18. The number of esters is 1. The first-order valence-electron chi connectivity index (χ1n) is 7.85. The van der Waals surface area contributed by atoms with Gasteiger partial charge in [-0.2, -0.15) is 0 Å². The Labute approximate surface area is 158 Å². The van der Waals surface area contributed by atoms with Crippen molar-refractivity contribution in [1.82, 2.24) is 0 Å². The SMILES string of the molecule is COC(=O)c1cccc(C(Oc2ccc3cc(C(=N)N)sc3c2)C(=O)O)c1. The number of carboxylic acids is 1. The van der Waals surface area contributed by atoms with Gasteiger partial charge in [-0.1, -0.05) is 12.1 Å². The number of methoxy groups -OCH3 is 1. The number of rotatable bonds is 6. The summed E-state index contributed by atoms with van der Waals surface area (Å²) in [5, 5.41) is 18.0. The Hall–Kier alpha value is -3.39. The molecule has 0 saturated carbocycles. The zero-order valence-corrected chi connectivity index (χ0v) is 15.1. The first-order chi connectivity index (χ1) is 12.9. The van der Waals surface area contributed by atoms with Crippen LogP contribution in [0.15, 0.2) is 48.5 Å². The summed E-state index contributed by atoms with van der Waals surface area (Å²) in [6, 6.07) is 13.0. The second-order valence-electron chi connectivity index (χ2n) is 5.68. The number of nitrogens with two attached hydrogens (primary N) is 1. The van der Waals surface area contributed by atoms with Crippen molar-refractivity contribution in [3.8, 4) is 5.75 Å². The number of ether oxygens (including phenoxy) is 2. The van der Waals surface area contributed by atoms with Gasteiger partial charge in [0.05, 0.1) is 17.6 Å². The van der Waals surface area contributed by atoms with Crippen LogP contribution in [0.2, 0.25) is 0 Å². The molecule has 3 rings (SSSR count). The number of aliphatic carboxylic acids is 1. The lowest BCUT2D eigenvalue weighted by atomic mass is 10.1. The molecule has 27 heavy (non-hydrogen) atoms. The highest BCUT2D eigenvalue weighted by Gasteiger charge is 2.23. The summed E-state index contributed by atoms with van der Waals surface area (Å²) in [6.45, 7) is 0. The zero-order valence-electron chi connectivity index (χ0n) is 14.3. The van der Waals surface area contributed by atoms with Gasteiger partial charge >= 0.3 is 11.9 Å². The highest BCUT2D eigenvalue weighted by atomic mass is 32.1. The third kappa shape index (κ3) is 3.90. The Morgan fingerprint density at radius 2 is 1.96 bits per heavy atom. The van der Waals surface area contributed by atoms with E-state index >= 15 is 0 Å². The van der Waals surface area contributed by atoms with Gasteiger partial charge < -0.3 is 20.3 Å². The smallest absolute Gasteiger partial charge is 0.349 e. The van der Waals surface area contributed by atoms with Gasteiger partial charge in [-0.05, 0) is 41.8 Å². The van der Waals surface area contributed by atoms with E-state index in [0.29, 0.717) is 16.2 Å². The Kier molecular flexibility index (Phi) is 5.09. The van der Waals surface area contributed by atoms with E-state index in [1.54, 1.807) is 36.4 Å². The fourth-order valence-electron chi connectivity index (χ4n) is 2.56. The minimum absolute atomic E-state index is 0.0262. The molecule has 0 aliphatic heterocycles. The van der Waals surface area contributed by atoms with Crippen LogP contribution in [-0.2, 0) is 9.53 Å². The average molecular weight is 384 g/mol. The van der Waals surface area contributed by atoms with Gasteiger partial charge in [0.25, 0.3) is 0 Å². The first-order valence-corrected chi connectivity index (χ1v) is 8.66. The maximum absolute atomic E-state index is 11.7. The second-order valence-corrected chi connectivity index (χ2v) is 6.76. The quantitative estimate of drug-likeness (QED) is 0.341. The van der Waals surface area contributed by atoms with Crippen LogP contribution in [0.25, 0.3) is 10.1 Å². The summed E-state index contributed by atoms with van der Waals surface area (Å²) < 4.78 is 11.2. The van der Waals surface area contributed by atoms with E-state index in [2.05, 4.69) is 4.74 Å². The summed E-state index contributed by atoms with van der Waals surface area (Å²) in [4.78, 5) is 24.0. The molecule has 2 aromatic carbocycles. The number of carbonyl (C=O) groups is 2. The van der Waals surface area contributed by atoms with Gasteiger partial charge in [0.1, 0.15) is 11.6 Å². The molecule has 0 radical (unpaired) electrons. The lowest BCUT2D eigenvalue weighted by Gasteiger charge is -2.16. The van der Waals surface area contributed by atoms with Gasteiger partial charge in [0.15, 0.2) is 0 Å². The third-order valence-corrected chi connectivity index (χ3v) is 4.98. The molecule has 0 aliphatic rings. The van der Waals surface area contributed by atoms with Crippen LogP contribution in [0, 0.1) is 5.41 Å². The topological polar surface area (TPSA) is 123 Å². The van der Waals surface area contributed by atoms with Crippen molar-refractivity contribution in [2.75, 3.05) is 7.11 Å². The first kappa shape index (κ1) is 18.4. The average Bonchev–Trinajstić information content (AvgIpc) is 3.09. The van der Waals surface area contributed by atoms with Crippen molar-refractivity contribution in [2.45, 2.75) is 6.10 Å². The number of nitrogens with one attached hydrogen (secondary N) is 1. The summed E-state index contributed by atoms with van der Waals surface area (Å²) in [7, 11) is 1.26. The van der Waals surface area contributed by atoms with E-state index in [-0.39, 0.29) is 11.4 Å². The monoisotopic (exact) mass is 384 g/mol.